The van der Waals surface area contributed by atoms with Crippen LogP contribution in [-0.2, 0) is 25.6 Å². The van der Waals surface area contributed by atoms with Crippen molar-refractivity contribution in [3.05, 3.63) is 12.5 Å². The molecule has 0 aliphatic rings. The lowest BCUT2D eigenvalue weighted by atomic mass is 10.0. The molecule has 0 aliphatic carbocycles. The lowest BCUT2D eigenvalue weighted by Crippen LogP contribution is -2.38. The van der Waals surface area contributed by atoms with E-state index in [1.54, 1.807) is 12.5 Å². The first-order chi connectivity index (χ1) is 22.3. The van der Waals surface area contributed by atoms with E-state index in [-0.39, 0.29) is 37.0 Å². The lowest BCUT2D eigenvalue weighted by Gasteiger charge is -2.20. The molecule has 0 fully saturated rings. The molecule has 0 radical (unpaired) electrons. The van der Waals surface area contributed by atoms with Crippen LogP contribution in [0.3, 0.4) is 0 Å². The highest BCUT2D eigenvalue weighted by Crippen LogP contribution is 2.17. The highest BCUT2D eigenvalue weighted by molar-refractivity contribution is 5.75. The van der Waals surface area contributed by atoms with Gasteiger partial charge < -0.3 is 25.5 Å². The number of esters is 2. The van der Waals surface area contributed by atoms with Gasteiger partial charge in [0.1, 0.15) is 11.6 Å². The Balaban J connectivity index is 1.61. The lowest BCUT2D eigenvalue weighted by molar-refractivity contribution is -0.149. The fraction of sp³-hybridized carbons (Fsp3) is 0.806. The Hall–Kier alpha value is -2.75. The summed E-state index contributed by atoms with van der Waals surface area (Å²) in [6.07, 6.45) is 27.2. The first-order valence-electron chi connectivity index (χ1n) is 18.4. The Kier molecular flexibility index (Phi) is 20.9. The number of aromatic nitrogens is 4. The maximum absolute atomic E-state index is 12.6. The molecule has 2 rings (SSSR count). The summed E-state index contributed by atoms with van der Waals surface area (Å²) in [5.74, 6) is -0.498. The Morgan fingerprint density at radius 1 is 0.826 bits per heavy atom. The third kappa shape index (κ3) is 16.7. The first kappa shape index (κ1) is 39.4. The maximum Gasteiger partial charge on any atom is 0.323 e. The van der Waals surface area contributed by atoms with Crippen LogP contribution >= 0.6 is 0 Å². The summed E-state index contributed by atoms with van der Waals surface area (Å²) in [6.45, 7) is 7.09. The largest absolute Gasteiger partial charge is 0.465 e. The van der Waals surface area contributed by atoms with Crippen LogP contribution in [0, 0.1) is 11.8 Å². The Morgan fingerprint density at radius 2 is 1.39 bits per heavy atom. The number of nitrogens with zero attached hydrogens (tertiary/aromatic N) is 4. The molecule has 0 aromatic carbocycles. The van der Waals surface area contributed by atoms with E-state index in [1.165, 1.54) is 89.9 Å². The zero-order valence-electron chi connectivity index (χ0n) is 29.2. The van der Waals surface area contributed by atoms with Crippen molar-refractivity contribution in [2.45, 2.75) is 162 Å². The van der Waals surface area contributed by atoms with Crippen LogP contribution in [0.25, 0.3) is 11.2 Å². The van der Waals surface area contributed by atoms with Crippen molar-refractivity contribution in [3.63, 3.8) is 0 Å². The number of ether oxygens (including phenoxy) is 2. The highest BCUT2D eigenvalue weighted by Gasteiger charge is 2.22. The fourth-order valence-electron chi connectivity index (χ4n) is 5.69. The maximum atomic E-state index is 12.6. The number of rotatable bonds is 28. The molecule has 0 bridgehead atoms. The number of imidazole rings is 1. The van der Waals surface area contributed by atoms with Crippen LogP contribution < -0.4 is 11.5 Å². The number of carbonyl (C=O) groups is 2. The van der Waals surface area contributed by atoms with Crippen molar-refractivity contribution in [1.29, 1.82) is 0 Å². The van der Waals surface area contributed by atoms with E-state index in [4.69, 9.17) is 20.9 Å². The van der Waals surface area contributed by atoms with Gasteiger partial charge in [-0.05, 0) is 18.8 Å². The first-order valence-corrected chi connectivity index (χ1v) is 18.4. The van der Waals surface area contributed by atoms with Gasteiger partial charge in [-0.2, -0.15) is 4.98 Å². The molecule has 2 aromatic heterocycles. The monoisotopic (exact) mass is 644 g/mol. The fourth-order valence-corrected chi connectivity index (χ4v) is 5.69. The number of hydrogen-bond acceptors (Lipinski definition) is 9. The summed E-state index contributed by atoms with van der Waals surface area (Å²) in [6, 6.07) is -0.650. The average molecular weight is 645 g/mol. The number of unbranched alkanes of at least 4 members (excludes halogenated alkanes) is 16. The summed E-state index contributed by atoms with van der Waals surface area (Å²) >= 11 is 0. The third-order valence-electron chi connectivity index (χ3n) is 9.10. The molecule has 10 heteroatoms. The van der Waals surface area contributed by atoms with Crippen molar-refractivity contribution in [1.82, 2.24) is 19.5 Å². The van der Waals surface area contributed by atoms with E-state index in [0.29, 0.717) is 30.6 Å². The molecule has 0 unspecified atom stereocenters. The van der Waals surface area contributed by atoms with Gasteiger partial charge in [0.05, 0.1) is 25.7 Å². The molecular formula is C36H64N6O4. The van der Waals surface area contributed by atoms with Crippen molar-refractivity contribution in [2.75, 3.05) is 18.9 Å². The van der Waals surface area contributed by atoms with Gasteiger partial charge in [0.25, 0.3) is 0 Å². The average Bonchev–Trinajstić information content (AvgIpc) is 3.45. The molecule has 0 spiro atoms. The van der Waals surface area contributed by atoms with Gasteiger partial charge in [0.15, 0.2) is 5.65 Å². The van der Waals surface area contributed by atoms with Gasteiger partial charge in [-0.1, -0.05) is 130 Å². The SMILES string of the molecule is CCCCCCCCCCCCCCCCCCCC(=O)OC[C@H](CCOC(=O)[C@@H](N)[C@@H](C)CC)Cn1cnc2cnc(N)nc21. The molecule has 2 heterocycles. The Labute approximate surface area is 278 Å². The normalized spacial score (nSPS) is 13.5. The van der Waals surface area contributed by atoms with Gasteiger partial charge >= 0.3 is 11.9 Å². The smallest absolute Gasteiger partial charge is 0.323 e. The molecule has 2 aromatic rings. The number of nitrogens with two attached hydrogens (primary N) is 2. The van der Waals surface area contributed by atoms with E-state index in [1.807, 2.05) is 18.4 Å². The zero-order chi connectivity index (χ0) is 33.4. The van der Waals surface area contributed by atoms with E-state index >= 15 is 0 Å². The highest BCUT2D eigenvalue weighted by atomic mass is 16.5. The summed E-state index contributed by atoms with van der Waals surface area (Å²) in [4.78, 5) is 37.6. The summed E-state index contributed by atoms with van der Waals surface area (Å²) in [7, 11) is 0. The van der Waals surface area contributed by atoms with Crippen LogP contribution in [-0.4, -0.2) is 50.7 Å². The Bertz CT molecular complexity index is 1090. The van der Waals surface area contributed by atoms with Gasteiger partial charge in [0.2, 0.25) is 5.95 Å². The van der Waals surface area contributed by atoms with E-state index in [9.17, 15) is 9.59 Å². The molecule has 0 saturated heterocycles. The van der Waals surface area contributed by atoms with Crippen molar-refractivity contribution in [2.24, 2.45) is 17.6 Å². The van der Waals surface area contributed by atoms with Crippen LogP contribution in [0.1, 0.15) is 149 Å². The molecule has 0 aliphatic heterocycles. The molecule has 262 valence electrons. The molecule has 46 heavy (non-hydrogen) atoms. The van der Waals surface area contributed by atoms with E-state index < -0.39 is 12.0 Å². The van der Waals surface area contributed by atoms with Crippen LogP contribution in [0.5, 0.6) is 0 Å². The van der Waals surface area contributed by atoms with Gasteiger partial charge in [0, 0.05) is 18.9 Å². The zero-order valence-corrected chi connectivity index (χ0v) is 29.2. The predicted octanol–water partition coefficient (Wildman–Crippen LogP) is 7.92. The number of fused-ring (bicyclic) bond motifs is 1. The summed E-state index contributed by atoms with van der Waals surface area (Å²) in [5, 5.41) is 0. The minimum atomic E-state index is -0.650. The van der Waals surface area contributed by atoms with Crippen molar-refractivity contribution in [3.8, 4) is 0 Å². The second-order valence-electron chi connectivity index (χ2n) is 13.2. The standard InChI is InChI=1S/C36H64N6O4/c1-4-6-7-8-9-10-11-12-13-14-15-16-17-18-19-20-21-22-32(43)46-27-30(23-24-45-35(44)33(37)29(3)5-2)26-42-28-40-31-25-39-36(38)41-34(31)42/h25,28-30,33H,4-24,26-27,37H2,1-3H3,(H2,38,39,41)/t29-,30+,33-/m0/s1. The predicted molar refractivity (Wildman–Crippen MR) is 186 cm³/mol. The molecular weight excluding hydrogens is 580 g/mol. The van der Waals surface area contributed by atoms with E-state index in [2.05, 4.69) is 21.9 Å². The molecule has 0 saturated carbocycles. The van der Waals surface area contributed by atoms with Gasteiger partial charge in [-0.15, -0.1) is 0 Å². The molecule has 3 atom stereocenters. The molecule has 0 amide bonds. The second kappa shape index (κ2) is 24.4. The topological polar surface area (TPSA) is 148 Å². The quantitative estimate of drug-likeness (QED) is 0.0696. The number of nitrogen functional groups attached to an aromatic ring is 1. The molecule has 10 nitrogen and oxygen atoms in total. The van der Waals surface area contributed by atoms with Crippen LogP contribution in [0.4, 0.5) is 5.95 Å². The molecule has 4 N–H and O–H groups in total. The number of carbonyl (C=O) groups excluding carboxylic acids is 2. The summed E-state index contributed by atoms with van der Waals surface area (Å²) in [5.41, 5.74) is 13.1. The van der Waals surface area contributed by atoms with Gasteiger partial charge in [-0.25, -0.2) is 9.97 Å². The second-order valence-corrected chi connectivity index (χ2v) is 13.2. The van der Waals surface area contributed by atoms with Crippen molar-refractivity contribution >= 4 is 29.1 Å². The minimum Gasteiger partial charge on any atom is -0.465 e. The van der Waals surface area contributed by atoms with Crippen LogP contribution in [0.2, 0.25) is 0 Å². The summed E-state index contributed by atoms with van der Waals surface area (Å²) < 4.78 is 13.0. The number of hydrogen-bond donors (Lipinski definition) is 2. The number of anilines is 1. The van der Waals surface area contributed by atoms with Gasteiger partial charge in [-0.3, -0.25) is 9.59 Å². The third-order valence-corrected chi connectivity index (χ3v) is 9.10. The van der Waals surface area contributed by atoms with Crippen LogP contribution in [0.15, 0.2) is 12.5 Å². The van der Waals surface area contributed by atoms with E-state index in [0.717, 1.165) is 25.7 Å². The minimum absolute atomic E-state index is 0.0427. The Morgan fingerprint density at radius 3 is 1.96 bits per heavy atom. The van der Waals surface area contributed by atoms with Crippen molar-refractivity contribution < 1.29 is 19.1 Å².